The molecule has 2 nitrogen and oxygen atoms in total. The minimum atomic E-state index is 0.625. The minimum Gasteiger partial charge on any atom is -0.227 e. The van der Waals surface area contributed by atoms with Gasteiger partial charge in [-0.1, -0.05) is 0 Å². The lowest BCUT2D eigenvalue weighted by atomic mass is 11.0. The van der Waals surface area contributed by atoms with Crippen LogP contribution in [-0.4, -0.2) is 11.7 Å². The molecule has 0 saturated heterocycles. The summed E-state index contributed by atoms with van der Waals surface area (Å²) in [6.45, 7) is 4.87. The van der Waals surface area contributed by atoms with Gasteiger partial charge < -0.3 is 0 Å². The molecule has 0 bridgehead atoms. The summed E-state index contributed by atoms with van der Waals surface area (Å²) in [5.41, 5.74) is 0. The predicted molar refractivity (Wildman–Crippen MR) is 30.3 cm³/mol. The molecule has 0 spiro atoms. The Bertz CT molecular complexity index is 145. The maximum atomic E-state index is 4.87. The van der Waals surface area contributed by atoms with Crippen molar-refractivity contribution in [1.82, 2.24) is 4.98 Å². The van der Waals surface area contributed by atoms with Gasteiger partial charge in [0.25, 0.3) is 0 Å². The van der Waals surface area contributed by atoms with Crippen molar-refractivity contribution in [2.24, 2.45) is 4.99 Å². The molecular formula is C4H3N2S. The Morgan fingerprint density at radius 2 is 2.71 bits per heavy atom. The van der Waals surface area contributed by atoms with Crippen LogP contribution < -0.4 is 0 Å². The summed E-state index contributed by atoms with van der Waals surface area (Å²) in [7, 11) is 0. The SMILES string of the molecule is [CH]=Nc1nccs1. The highest BCUT2D eigenvalue weighted by atomic mass is 32.1. The number of hydrogen-bond acceptors (Lipinski definition) is 3. The average Bonchev–Trinajstić information content (AvgIpc) is 2.14. The van der Waals surface area contributed by atoms with Gasteiger partial charge in [0.1, 0.15) is 0 Å². The van der Waals surface area contributed by atoms with Gasteiger partial charge in [-0.15, -0.1) is 11.3 Å². The third kappa shape index (κ3) is 0.838. The normalized spacial score (nSPS) is 8.57. The predicted octanol–water partition coefficient (Wildman–Crippen LogP) is 1.35. The maximum Gasteiger partial charge on any atom is 0.209 e. The molecule has 1 aromatic rings. The molecule has 1 aromatic heterocycles. The van der Waals surface area contributed by atoms with Crippen LogP contribution in [0.2, 0.25) is 0 Å². The van der Waals surface area contributed by atoms with Crippen LogP contribution in [0.25, 0.3) is 0 Å². The molecule has 0 aromatic carbocycles. The third-order valence-corrected chi connectivity index (χ3v) is 1.21. The molecular weight excluding hydrogens is 108 g/mol. The summed E-state index contributed by atoms with van der Waals surface area (Å²) >= 11 is 1.42. The molecule has 0 aliphatic heterocycles. The highest BCUT2D eigenvalue weighted by Crippen LogP contribution is 2.12. The molecule has 0 N–H and O–H groups in total. The van der Waals surface area contributed by atoms with Crippen LogP contribution in [-0.2, 0) is 0 Å². The second kappa shape index (κ2) is 1.84. The summed E-state index contributed by atoms with van der Waals surface area (Å²) < 4.78 is 0. The summed E-state index contributed by atoms with van der Waals surface area (Å²) in [5.74, 6) is 0. The first kappa shape index (κ1) is 4.46. The number of aliphatic imine (C=N–C) groups is 1. The monoisotopic (exact) mass is 111 g/mol. The standard InChI is InChI=1S/C4H3N2S/c1-5-4-6-2-3-7-4/h1-3H. The van der Waals surface area contributed by atoms with Crippen LogP contribution in [0.15, 0.2) is 16.6 Å². The van der Waals surface area contributed by atoms with E-state index in [1.165, 1.54) is 11.3 Å². The van der Waals surface area contributed by atoms with Gasteiger partial charge >= 0.3 is 0 Å². The molecule has 0 aliphatic carbocycles. The van der Waals surface area contributed by atoms with Gasteiger partial charge in [0.2, 0.25) is 5.13 Å². The first-order valence-electron chi connectivity index (χ1n) is 1.74. The van der Waals surface area contributed by atoms with Gasteiger partial charge in [-0.2, -0.15) is 0 Å². The van der Waals surface area contributed by atoms with E-state index in [0.29, 0.717) is 5.13 Å². The molecule has 1 heterocycles. The van der Waals surface area contributed by atoms with Crippen molar-refractivity contribution in [3.8, 4) is 0 Å². The van der Waals surface area contributed by atoms with Crippen molar-refractivity contribution in [1.29, 1.82) is 0 Å². The molecule has 0 atom stereocenters. The summed E-state index contributed by atoms with van der Waals surface area (Å²) in [6, 6.07) is 0. The highest BCUT2D eigenvalue weighted by molar-refractivity contribution is 7.13. The summed E-state index contributed by atoms with van der Waals surface area (Å²) in [4.78, 5) is 7.10. The number of thiazole rings is 1. The molecule has 0 fully saturated rings. The second-order valence-electron chi connectivity index (χ2n) is 0.944. The van der Waals surface area contributed by atoms with Crippen molar-refractivity contribution in [2.75, 3.05) is 0 Å². The van der Waals surface area contributed by atoms with E-state index in [1.54, 1.807) is 6.20 Å². The number of aromatic nitrogens is 1. The Hall–Kier alpha value is -0.700. The second-order valence-corrected chi connectivity index (χ2v) is 1.82. The highest BCUT2D eigenvalue weighted by Gasteiger charge is 1.82. The van der Waals surface area contributed by atoms with Crippen LogP contribution in [0.1, 0.15) is 0 Å². The smallest absolute Gasteiger partial charge is 0.209 e. The van der Waals surface area contributed by atoms with Crippen molar-refractivity contribution in [2.45, 2.75) is 0 Å². The largest absolute Gasteiger partial charge is 0.227 e. The summed E-state index contributed by atoms with van der Waals surface area (Å²) in [6.07, 6.45) is 1.66. The quantitative estimate of drug-likeness (QED) is 0.502. The van der Waals surface area contributed by atoms with Gasteiger partial charge in [0.15, 0.2) is 0 Å². The molecule has 0 saturated carbocycles. The lowest BCUT2D eigenvalue weighted by Gasteiger charge is -1.69. The lowest BCUT2D eigenvalue weighted by molar-refractivity contribution is 1.37. The fraction of sp³-hybridized carbons (Fsp3) is 0. The number of hydrogen-bond donors (Lipinski definition) is 0. The van der Waals surface area contributed by atoms with Gasteiger partial charge in [-0.3, -0.25) is 0 Å². The number of rotatable bonds is 1. The lowest BCUT2D eigenvalue weighted by Crippen LogP contribution is -1.50. The fourth-order valence-electron chi connectivity index (χ4n) is 0.280. The van der Waals surface area contributed by atoms with Gasteiger partial charge in [0, 0.05) is 18.3 Å². The van der Waals surface area contributed by atoms with E-state index < -0.39 is 0 Å². The Balaban J connectivity index is 2.96. The topological polar surface area (TPSA) is 25.2 Å². The van der Waals surface area contributed by atoms with E-state index >= 15 is 0 Å². The molecule has 7 heavy (non-hydrogen) atoms. The van der Waals surface area contributed by atoms with Gasteiger partial charge in [-0.25, -0.2) is 9.98 Å². The fourth-order valence-corrected chi connectivity index (χ4v) is 0.706. The summed E-state index contributed by atoms with van der Waals surface area (Å²) in [5, 5.41) is 2.45. The van der Waals surface area contributed by atoms with E-state index in [9.17, 15) is 0 Å². The maximum absolute atomic E-state index is 4.87. The van der Waals surface area contributed by atoms with Crippen LogP contribution in [0.3, 0.4) is 0 Å². The van der Waals surface area contributed by atoms with Crippen LogP contribution in [0, 0.1) is 0 Å². The minimum absolute atomic E-state index is 0.625. The molecule has 3 heteroatoms. The molecule has 0 aliphatic rings. The average molecular weight is 111 g/mol. The zero-order valence-corrected chi connectivity index (χ0v) is 4.35. The molecule has 0 amide bonds. The van der Waals surface area contributed by atoms with E-state index in [1.807, 2.05) is 5.38 Å². The first-order chi connectivity index (χ1) is 3.43. The Labute approximate surface area is 45.6 Å². The van der Waals surface area contributed by atoms with E-state index in [2.05, 4.69) is 9.98 Å². The van der Waals surface area contributed by atoms with Crippen molar-refractivity contribution < 1.29 is 0 Å². The van der Waals surface area contributed by atoms with Gasteiger partial charge in [0.05, 0.1) is 0 Å². The molecule has 35 valence electrons. The van der Waals surface area contributed by atoms with Gasteiger partial charge in [-0.05, 0) is 0 Å². The van der Waals surface area contributed by atoms with E-state index in [-0.39, 0.29) is 0 Å². The Morgan fingerprint density at radius 3 is 3.00 bits per heavy atom. The zero-order chi connectivity index (χ0) is 5.11. The van der Waals surface area contributed by atoms with Crippen molar-refractivity contribution >= 4 is 23.2 Å². The van der Waals surface area contributed by atoms with Crippen molar-refractivity contribution in [3.63, 3.8) is 0 Å². The van der Waals surface area contributed by atoms with E-state index in [4.69, 9.17) is 6.72 Å². The van der Waals surface area contributed by atoms with Crippen molar-refractivity contribution in [3.05, 3.63) is 11.6 Å². The van der Waals surface area contributed by atoms with Crippen LogP contribution in [0.5, 0.6) is 0 Å². The first-order valence-corrected chi connectivity index (χ1v) is 2.62. The Kier molecular flexibility index (Phi) is 1.17. The number of nitrogens with zero attached hydrogens (tertiary/aromatic N) is 2. The van der Waals surface area contributed by atoms with E-state index in [0.717, 1.165) is 0 Å². The third-order valence-electron chi connectivity index (χ3n) is 0.530. The molecule has 0 unspecified atom stereocenters. The zero-order valence-electron chi connectivity index (χ0n) is 3.53. The molecule has 1 radical (unpaired) electrons. The molecule has 1 rings (SSSR count). The van der Waals surface area contributed by atoms with Crippen LogP contribution >= 0.6 is 11.3 Å². The Morgan fingerprint density at radius 1 is 1.86 bits per heavy atom. The van der Waals surface area contributed by atoms with Crippen LogP contribution in [0.4, 0.5) is 5.13 Å².